The number of hydrogen-bond acceptors (Lipinski definition) is 5. The largest absolute Gasteiger partial charge is 0.343 e. The minimum Gasteiger partial charge on any atom is -0.343 e. The lowest BCUT2D eigenvalue weighted by molar-refractivity contribution is -0.138. The summed E-state index contributed by atoms with van der Waals surface area (Å²) >= 11 is 6.38. The van der Waals surface area contributed by atoms with Crippen molar-refractivity contribution in [3.05, 3.63) is 28.8 Å². The predicted octanol–water partition coefficient (Wildman–Crippen LogP) is 2.29. The smallest absolute Gasteiger partial charge is 0.327 e. The molecule has 0 aromatic heterocycles. The summed E-state index contributed by atoms with van der Waals surface area (Å²) in [4.78, 5) is 33.5. The van der Waals surface area contributed by atoms with E-state index in [1.54, 1.807) is 11.9 Å². The molecule has 3 heterocycles. The van der Waals surface area contributed by atoms with Crippen molar-refractivity contribution < 1.29 is 9.59 Å². The lowest BCUT2D eigenvalue weighted by Crippen LogP contribution is -2.66. The molecule has 1 aromatic carbocycles. The molecule has 3 fully saturated rings. The minimum atomic E-state index is -0.371. The SMILES string of the molecule is CCCN1C(=O)C2C(NC3N(c4cccc(Cl)c4C)CC(C)CN23)N(C)C1=O. The number of fused-ring (bicyclic) bond motifs is 3. The number of nitrogens with one attached hydrogen (secondary N) is 1. The number of benzene rings is 1. The van der Waals surface area contributed by atoms with Crippen LogP contribution in [-0.4, -0.2) is 71.8 Å². The molecule has 0 saturated carbocycles. The van der Waals surface area contributed by atoms with Crippen LogP contribution in [0.25, 0.3) is 0 Å². The van der Waals surface area contributed by atoms with E-state index in [0.717, 1.165) is 35.8 Å². The quantitative estimate of drug-likeness (QED) is 0.836. The summed E-state index contributed by atoms with van der Waals surface area (Å²) < 4.78 is 0. The van der Waals surface area contributed by atoms with Gasteiger partial charge in [0.1, 0.15) is 18.5 Å². The van der Waals surface area contributed by atoms with Crippen molar-refractivity contribution in [1.29, 1.82) is 0 Å². The Balaban J connectivity index is 1.72. The van der Waals surface area contributed by atoms with E-state index < -0.39 is 0 Å². The Kier molecular flexibility index (Phi) is 5.02. The van der Waals surface area contributed by atoms with Crippen LogP contribution in [0.4, 0.5) is 10.5 Å². The Hall–Kier alpha value is -1.83. The first kappa shape index (κ1) is 19.5. The fraction of sp³-hybridized carbons (Fsp3) is 0.600. The van der Waals surface area contributed by atoms with Crippen molar-refractivity contribution in [1.82, 2.24) is 20.0 Å². The molecule has 28 heavy (non-hydrogen) atoms. The van der Waals surface area contributed by atoms with Gasteiger partial charge in [0.25, 0.3) is 5.91 Å². The Morgan fingerprint density at radius 1 is 1.25 bits per heavy atom. The molecule has 4 unspecified atom stereocenters. The molecule has 3 aliphatic rings. The van der Waals surface area contributed by atoms with E-state index in [0.29, 0.717) is 12.5 Å². The first-order valence-electron chi connectivity index (χ1n) is 9.96. The van der Waals surface area contributed by atoms with Gasteiger partial charge in [-0.3, -0.25) is 19.9 Å². The molecule has 3 aliphatic heterocycles. The highest BCUT2D eigenvalue weighted by atomic mass is 35.5. The summed E-state index contributed by atoms with van der Waals surface area (Å²) in [6, 6.07) is 5.33. The van der Waals surface area contributed by atoms with Crippen molar-refractivity contribution in [2.75, 3.05) is 31.6 Å². The number of rotatable bonds is 3. The normalized spacial score (nSPS) is 30.7. The second-order valence-corrected chi connectivity index (χ2v) is 8.56. The topological polar surface area (TPSA) is 59.1 Å². The van der Waals surface area contributed by atoms with Crippen LogP contribution in [0.2, 0.25) is 5.02 Å². The van der Waals surface area contributed by atoms with E-state index >= 15 is 0 Å². The average molecular weight is 406 g/mol. The molecule has 0 radical (unpaired) electrons. The molecule has 0 spiro atoms. The van der Waals surface area contributed by atoms with Crippen LogP contribution in [0.15, 0.2) is 18.2 Å². The maximum absolute atomic E-state index is 13.2. The van der Waals surface area contributed by atoms with E-state index in [1.807, 2.05) is 26.0 Å². The van der Waals surface area contributed by atoms with Crippen molar-refractivity contribution in [3.63, 3.8) is 0 Å². The fourth-order valence-electron chi connectivity index (χ4n) is 4.74. The zero-order chi connectivity index (χ0) is 20.2. The highest BCUT2D eigenvalue weighted by Crippen LogP contribution is 2.36. The van der Waals surface area contributed by atoms with Gasteiger partial charge in [-0.05, 0) is 37.0 Å². The van der Waals surface area contributed by atoms with Crippen molar-refractivity contribution in [2.24, 2.45) is 5.92 Å². The number of carbonyl (C=O) groups is 2. The van der Waals surface area contributed by atoms with Gasteiger partial charge in [0, 0.05) is 37.4 Å². The monoisotopic (exact) mass is 405 g/mol. The summed E-state index contributed by atoms with van der Waals surface area (Å²) in [6.07, 6.45) is 0.276. The minimum absolute atomic E-state index is 0.0955. The number of carbonyl (C=O) groups excluding carboxylic acids is 2. The standard InChI is InChI=1S/C20H28ClN5O2/c1-5-9-24-18(27)16-17(23(4)20(24)28)22-19-25(10-12(2)11-26(16)19)15-8-6-7-14(21)13(15)3/h6-8,12,16-17,19,22H,5,9-11H2,1-4H3. The third-order valence-electron chi connectivity index (χ3n) is 6.08. The van der Waals surface area contributed by atoms with Crippen LogP contribution in [0.1, 0.15) is 25.8 Å². The maximum atomic E-state index is 13.2. The summed E-state index contributed by atoms with van der Waals surface area (Å²) in [6.45, 7) is 8.32. The van der Waals surface area contributed by atoms with Crippen molar-refractivity contribution >= 4 is 29.2 Å². The fourth-order valence-corrected chi connectivity index (χ4v) is 4.91. The molecule has 3 amide bonds. The molecule has 0 bridgehead atoms. The number of hydrogen-bond donors (Lipinski definition) is 1. The molecular formula is C20H28ClN5O2. The molecule has 1 N–H and O–H groups in total. The van der Waals surface area contributed by atoms with Crippen LogP contribution in [0, 0.1) is 12.8 Å². The first-order valence-corrected chi connectivity index (χ1v) is 10.3. The van der Waals surface area contributed by atoms with Gasteiger partial charge in [-0.2, -0.15) is 0 Å². The van der Waals surface area contributed by atoms with Gasteiger partial charge in [-0.15, -0.1) is 0 Å². The number of imide groups is 1. The third kappa shape index (κ3) is 2.88. The van der Waals surface area contributed by atoms with Crippen LogP contribution < -0.4 is 10.2 Å². The molecule has 4 rings (SSSR count). The predicted molar refractivity (Wildman–Crippen MR) is 109 cm³/mol. The van der Waals surface area contributed by atoms with Gasteiger partial charge >= 0.3 is 6.03 Å². The summed E-state index contributed by atoms with van der Waals surface area (Å²) in [5.74, 6) is 0.285. The molecular weight excluding hydrogens is 378 g/mol. The van der Waals surface area contributed by atoms with E-state index in [4.69, 9.17) is 11.6 Å². The number of urea groups is 1. The van der Waals surface area contributed by atoms with E-state index in [1.165, 1.54) is 4.90 Å². The number of likely N-dealkylation sites (N-methyl/N-ethyl adjacent to an activating group) is 1. The second-order valence-electron chi connectivity index (χ2n) is 8.15. The molecule has 3 saturated heterocycles. The number of halogens is 1. The summed E-state index contributed by atoms with van der Waals surface area (Å²) in [5.41, 5.74) is 2.09. The Morgan fingerprint density at radius 3 is 2.71 bits per heavy atom. The van der Waals surface area contributed by atoms with Crippen LogP contribution >= 0.6 is 11.6 Å². The zero-order valence-corrected chi connectivity index (χ0v) is 17.6. The van der Waals surface area contributed by atoms with E-state index in [2.05, 4.69) is 28.1 Å². The Bertz CT molecular complexity index is 803. The number of anilines is 1. The second kappa shape index (κ2) is 7.21. The zero-order valence-electron chi connectivity index (χ0n) is 16.9. The Morgan fingerprint density at radius 2 is 2.00 bits per heavy atom. The summed E-state index contributed by atoms with van der Waals surface area (Å²) in [5, 5.41) is 4.28. The average Bonchev–Trinajstić information content (AvgIpc) is 3.04. The molecule has 4 atom stereocenters. The maximum Gasteiger partial charge on any atom is 0.327 e. The number of amides is 3. The van der Waals surface area contributed by atoms with Crippen LogP contribution in [0.5, 0.6) is 0 Å². The van der Waals surface area contributed by atoms with Gasteiger partial charge in [-0.25, -0.2) is 4.79 Å². The number of nitrogens with zero attached hydrogens (tertiary/aromatic N) is 4. The van der Waals surface area contributed by atoms with Gasteiger partial charge in [0.15, 0.2) is 0 Å². The summed E-state index contributed by atoms with van der Waals surface area (Å²) in [7, 11) is 1.78. The molecule has 0 aliphatic carbocycles. The van der Waals surface area contributed by atoms with Gasteiger partial charge < -0.3 is 9.80 Å². The van der Waals surface area contributed by atoms with E-state index in [9.17, 15) is 9.59 Å². The molecule has 7 nitrogen and oxygen atoms in total. The first-order chi connectivity index (χ1) is 13.3. The molecule has 8 heteroatoms. The van der Waals surface area contributed by atoms with Crippen molar-refractivity contribution in [3.8, 4) is 0 Å². The highest BCUT2D eigenvalue weighted by Gasteiger charge is 2.56. The highest BCUT2D eigenvalue weighted by molar-refractivity contribution is 6.31. The molecule has 152 valence electrons. The van der Waals surface area contributed by atoms with Gasteiger partial charge in [0.05, 0.1) is 0 Å². The van der Waals surface area contributed by atoms with Crippen molar-refractivity contribution in [2.45, 2.75) is 45.7 Å². The van der Waals surface area contributed by atoms with Gasteiger partial charge in [-0.1, -0.05) is 31.5 Å². The lowest BCUT2D eigenvalue weighted by atomic mass is 10.0. The van der Waals surface area contributed by atoms with E-state index in [-0.39, 0.29) is 30.4 Å². The van der Waals surface area contributed by atoms with Gasteiger partial charge in [0.2, 0.25) is 0 Å². The Labute approximate surface area is 171 Å². The van der Waals surface area contributed by atoms with Crippen LogP contribution in [0.3, 0.4) is 0 Å². The lowest BCUT2D eigenvalue weighted by Gasteiger charge is -2.46. The third-order valence-corrected chi connectivity index (χ3v) is 6.49. The molecule has 1 aromatic rings. The van der Waals surface area contributed by atoms with Crippen LogP contribution in [-0.2, 0) is 4.79 Å².